The van der Waals surface area contributed by atoms with E-state index in [0.717, 1.165) is 11.3 Å². The van der Waals surface area contributed by atoms with E-state index in [1.165, 1.54) is 0 Å². The Labute approximate surface area is 125 Å². The van der Waals surface area contributed by atoms with Crippen molar-refractivity contribution in [2.75, 3.05) is 17.4 Å². The lowest BCUT2D eigenvalue weighted by atomic mass is 10.1. The van der Waals surface area contributed by atoms with Crippen LogP contribution in [-0.4, -0.2) is 12.7 Å². The molecule has 2 heterocycles. The first-order chi connectivity index (χ1) is 10.2. The number of para-hydroxylation sites is 1. The van der Waals surface area contributed by atoms with E-state index in [1.54, 1.807) is 12.1 Å². The van der Waals surface area contributed by atoms with Crippen LogP contribution in [0.1, 0.15) is 11.6 Å². The summed E-state index contributed by atoms with van der Waals surface area (Å²) in [5.74, 6) is 1.13. The highest BCUT2D eigenvalue weighted by molar-refractivity contribution is 6.33. The lowest BCUT2D eigenvalue weighted by Gasteiger charge is -2.14. The SMILES string of the molecule is O=C1Nc2ccccc2C1Nc1cc2c(cc1Cl)OCO2. The molecule has 0 aromatic heterocycles. The van der Waals surface area contributed by atoms with E-state index in [2.05, 4.69) is 10.6 Å². The number of hydrogen-bond acceptors (Lipinski definition) is 4. The van der Waals surface area contributed by atoms with Crippen molar-refractivity contribution in [1.82, 2.24) is 0 Å². The van der Waals surface area contributed by atoms with Crippen LogP contribution in [0.2, 0.25) is 5.02 Å². The van der Waals surface area contributed by atoms with E-state index in [0.29, 0.717) is 22.2 Å². The van der Waals surface area contributed by atoms with Crippen molar-refractivity contribution in [2.24, 2.45) is 0 Å². The van der Waals surface area contributed by atoms with Gasteiger partial charge in [-0.2, -0.15) is 0 Å². The molecule has 2 N–H and O–H groups in total. The average Bonchev–Trinajstić information content (AvgIpc) is 3.04. The molecule has 0 spiro atoms. The molecule has 0 saturated carbocycles. The van der Waals surface area contributed by atoms with Crippen LogP contribution in [0.5, 0.6) is 11.5 Å². The van der Waals surface area contributed by atoms with Crippen molar-refractivity contribution >= 4 is 28.9 Å². The van der Waals surface area contributed by atoms with Gasteiger partial charge in [-0.15, -0.1) is 0 Å². The molecule has 0 aliphatic carbocycles. The minimum absolute atomic E-state index is 0.107. The molecule has 1 unspecified atom stereocenters. The summed E-state index contributed by atoms with van der Waals surface area (Å²) in [6, 6.07) is 10.5. The van der Waals surface area contributed by atoms with Gasteiger partial charge < -0.3 is 20.1 Å². The van der Waals surface area contributed by atoms with Crippen molar-refractivity contribution in [1.29, 1.82) is 0 Å². The number of benzene rings is 2. The van der Waals surface area contributed by atoms with Gasteiger partial charge in [0.25, 0.3) is 5.91 Å². The Morgan fingerprint density at radius 1 is 1.19 bits per heavy atom. The van der Waals surface area contributed by atoms with Crippen LogP contribution in [0.4, 0.5) is 11.4 Å². The summed E-state index contributed by atoms with van der Waals surface area (Å²) in [7, 11) is 0. The molecule has 0 saturated heterocycles. The van der Waals surface area contributed by atoms with Crippen LogP contribution >= 0.6 is 11.6 Å². The van der Waals surface area contributed by atoms with Gasteiger partial charge in [0.1, 0.15) is 6.04 Å². The third-order valence-electron chi connectivity index (χ3n) is 3.55. The summed E-state index contributed by atoms with van der Waals surface area (Å²) in [6.45, 7) is 0.182. The second-order valence-electron chi connectivity index (χ2n) is 4.84. The Bertz CT molecular complexity index is 748. The van der Waals surface area contributed by atoms with Gasteiger partial charge in [0.2, 0.25) is 6.79 Å². The Morgan fingerprint density at radius 3 is 2.81 bits per heavy atom. The van der Waals surface area contributed by atoms with Crippen LogP contribution < -0.4 is 20.1 Å². The van der Waals surface area contributed by atoms with Crippen LogP contribution in [0.3, 0.4) is 0 Å². The van der Waals surface area contributed by atoms with Crippen molar-refractivity contribution in [3.63, 3.8) is 0 Å². The molecule has 2 aliphatic rings. The monoisotopic (exact) mass is 302 g/mol. The number of amides is 1. The molecule has 6 heteroatoms. The van der Waals surface area contributed by atoms with Crippen molar-refractivity contribution in [3.8, 4) is 11.5 Å². The van der Waals surface area contributed by atoms with Crippen LogP contribution in [0.15, 0.2) is 36.4 Å². The summed E-state index contributed by atoms with van der Waals surface area (Å²) >= 11 is 6.23. The fourth-order valence-electron chi connectivity index (χ4n) is 2.54. The highest BCUT2D eigenvalue weighted by Gasteiger charge is 2.31. The van der Waals surface area contributed by atoms with Crippen molar-refractivity contribution < 1.29 is 14.3 Å². The Kier molecular flexibility index (Phi) is 2.68. The number of halogens is 1. The number of rotatable bonds is 2. The second kappa shape index (κ2) is 4.56. The number of hydrogen-bond donors (Lipinski definition) is 2. The molecular weight excluding hydrogens is 292 g/mol. The van der Waals surface area contributed by atoms with Crippen LogP contribution in [0, 0.1) is 0 Å². The smallest absolute Gasteiger partial charge is 0.251 e. The van der Waals surface area contributed by atoms with Gasteiger partial charge >= 0.3 is 0 Å². The first kappa shape index (κ1) is 12.3. The third kappa shape index (κ3) is 1.97. The van der Waals surface area contributed by atoms with Crippen molar-refractivity contribution in [2.45, 2.75) is 6.04 Å². The Hall–Kier alpha value is -2.40. The molecule has 106 valence electrons. The number of anilines is 2. The summed E-state index contributed by atoms with van der Waals surface area (Å²) < 4.78 is 10.6. The minimum atomic E-state index is -0.473. The first-order valence-electron chi connectivity index (χ1n) is 6.48. The lowest BCUT2D eigenvalue weighted by Crippen LogP contribution is -2.19. The first-order valence-corrected chi connectivity index (χ1v) is 6.85. The van der Waals surface area contributed by atoms with E-state index >= 15 is 0 Å². The average molecular weight is 303 g/mol. The number of ether oxygens (including phenoxy) is 2. The van der Waals surface area contributed by atoms with E-state index < -0.39 is 6.04 Å². The standard InChI is InChI=1S/C15H11ClN2O3/c16-9-5-12-13(21-7-20-12)6-11(9)17-14-8-3-1-2-4-10(8)18-15(14)19/h1-6,14,17H,7H2,(H,18,19). The largest absolute Gasteiger partial charge is 0.454 e. The molecular formula is C15H11ClN2O3. The fourth-order valence-corrected chi connectivity index (χ4v) is 2.74. The van der Waals surface area contributed by atoms with E-state index in [9.17, 15) is 4.79 Å². The summed E-state index contributed by atoms with van der Waals surface area (Å²) in [5.41, 5.74) is 2.35. The highest BCUT2D eigenvalue weighted by atomic mass is 35.5. The molecule has 1 atom stereocenters. The molecule has 0 radical (unpaired) electrons. The summed E-state index contributed by atoms with van der Waals surface area (Å²) in [4.78, 5) is 12.1. The van der Waals surface area contributed by atoms with Gasteiger partial charge in [-0.3, -0.25) is 4.79 Å². The second-order valence-corrected chi connectivity index (χ2v) is 5.25. The molecule has 0 fully saturated rings. The molecule has 4 rings (SSSR count). The zero-order chi connectivity index (χ0) is 14.4. The number of fused-ring (bicyclic) bond motifs is 2. The van der Waals surface area contributed by atoms with E-state index in [-0.39, 0.29) is 12.7 Å². The van der Waals surface area contributed by atoms with Crippen LogP contribution in [0.25, 0.3) is 0 Å². The van der Waals surface area contributed by atoms with Gasteiger partial charge in [-0.05, 0) is 6.07 Å². The molecule has 21 heavy (non-hydrogen) atoms. The summed E-state index contributed by atoms with van der Waals surface area (Å²) in [5, 5.41) is 6.49. The Balaban J connectivity index is 1.69. The van der Waals surface area contributed by atoms with Crippen molar-refractivity contribution in [3.05, 3.63) is 47.0 Å². The fraction of sp³-hybridized carbons (Fsp3) is 0.133. The molecule has 5 nitrogen and oxygen atoms in total. The topological polar surface area (TPSA) is 59.6 Å². The van der Waals surface area contributed by atoms with E-state index in [1.807, 2.05) is 24.3 Å². The molecule has 2 aliphatic heterocycles. The van der Waals surface area contributed by atoms with Gasteiger partial charge in [0, 0.05) is 23.4 Å². The highest BCUT2D eigenvalue weighted by Crippen LogP contribution is 2.41. The molecule has 2 aromatic rings. The van der Waals surface area contributed by atoms with Gasteiger partial charge in [0.15, 0.2) is 11.5 Å². The van der Waals surface area contributed by atoms with Gasteiger partial charge in [-0.25, -0.2) is 0 Å². The third-order valence-corrected chi connectivity index (χ3v) is 3.87. The minimum Gasteiger partial charge on any atom is -0.454 e. The Morgan fingerprint density at radius 2 is 1.95 bits per heavy atom. The van der Waals surface area contributed by atoms with Crippen LogP contribution in [-0.2, 0) is 4.79 Å². The quantitative estimate of drug-likeness (QED) is 0.894. The lowest BCUT2D eigenvalue weighted by molar-refractivity contribution is -0.116. The van der Waals surface area contributed by atoms with E-state index in [4.69, 9.17) is 21.1 Å². The number of carbonyl (C=O) groups is 1. The predicted molar refractivity (Wildman–Crippen MR) is 79.0 cm³/mol. The maximum atomic E-state index is 12.1. The maximum absolute atomic E-state index is 12.1. The van der Waals surface area contributed by atoms with Gasteiger partial charge in [0.05, 0.1) is 10.7 Å². The summed E-state index contributed by atoms with van der Waals surface area (Å²) in [6.07, 6.45) is 0. The molecule has 2 aromatic carbocycles. The number of nitrogens with one attached hydrogen (secondary N) is 2. The zero-order valence-electron chi connectivity index (χ0n) is 10.9. The molecule has 1 amide bonds. The van der Waals surface area contributed by atoms with Gasteiger partial charge in [-0.1, -0.05) is 29.8 Å². The molecule has 0 bridgehead atoms. The predicted octanol–water partition coefficient (Wildman–Crippen LogP) is 3.17. The number of carbonyl (C=O) groups excluding carboxylic acids is 1. The normalized spacial score (nSPS) is 18.3. The maximum Gasteiger partial charge on any atom is 0.251 e. The zero-order valence-corrected chi connectivity index (χ0v) is 11.6.